The second kappa shape index (κ2) is 9.13. The number of nitro benzene ring substituents is 1. The first-order valence-corrected chi connectivity index (χ1v) is 10.9. The number of unbranched alkanes of at least 4 members (excludes halogenated alkanes) is 1. The van der Waals surface area contributed by atoms with E-state index in [1.165, 1.54) is 30.0 Å². The number of aryl methyl sites for hydroxylation is 1. The average molecular weight is 412 g/mol. The van der Waals surface area contributed by atoms with Crippen LogP contribution in [0, 0.1) is 17.0 Å². The number of nitrogens with zero attached hydrogens (tertiary/aromatic N) is 2. The zero-order chi connectivity index (χ0) is 20.9. The van der Waals surface area contributed by atoms with Gasteiger partial charge in [0.1, 0.15) is 5.56 Å². The molecule has 0 radical (unpaired) electrons. The highest BCUT2D eigenvalue weighted by Crippen LogP contribution is 2.24. The molecule has 1 amide bonds. The number of rotatable bonds is 8. The standard InChI is InChI=1S/C18H24N2O7S/c1-3-4-9-19(14-8-10-28(25,26)12-14)16(21)11-27-18(22)15-7-5-6-13(2)17(15)20(23)24/h5-7,14H,3-4,8-12H2,1-2H3/t14-/m1/s1. The first-order valence-electron chi connectivity index (χ1n) is 9.07. The van der Waals surface area contributed by atoms with Crippen LogP contribution in [0.5, 0.6) is 0 Å². The van der Waals surface area contributed by atoms with Gasteiger partial charge in [0.25, 0.3) is 11.6 Å². The molecule has 0 bridgehead atoms. The summed E-state index contributed by atoms with van der Waals surface area (Å²) in [6.07, 6.45) is 1.87. The monoisotopic (exact) mass is 412 g/mol. The fraction of sp³-hybridized carbons (Fsp3) is 0.556. The molecular weight excluding hydrogens is 388 g/mol. The van der Waals surface area contributed by atoms with Gasteiger partial charge in [-0.1, -0.05) is 25.5 Å². The molecule has 28 heavy (non-hydrogen) atoms. The molecule has 0 spiro atoms. The Morgan fingerprint density at radius 2 is 2.07 bits per heavy atom. The van der Waals surface area contributed by atoms with Crippen LogP contribution in [-0.4, -0.2) is 60.8 Å². The number of ether oxygens (including phenoxy) is 1. The molecule has 1 heterocycles. The third-order valence-corrected chi connectivity index (χ3v) is 6.44. The Kier molecular flexibility index (Phi) is 7.11. The number of hydrogen-bond acceptors (Lipinski definition) is 7. The van der Waals surface area contributed by atoms with Crippen molar-refractivity contribution in [3.05, 3.63) is 39.4 Å². The number of nitro groups is 1. The van der Waals surface area contributed by atoms with E-state index in [4.69, 9.17) is 4.74 Å². The molecule has 9 nitrogen and oxygen atoms in total. The van der Waals surface area contributed by atoms with Crippen LogP contribution in [0.4, 0.5) is 5.69 Å². The summed E-state index contributed by atoms with van der Waals surface area (Å²) in [4.78, 5) is 36.9. The molecule has 0 saturated carbocycles. The molecule has 0 aromatic heterocycles. The predicted octanol–water partition coefficient (Wildman–Crippen LogP) is 1.88. The molecule has 154 valence electrons. The number of para-hydroxylation sites is 1. The summed E-state index contributed by atoms with van der Waals surface area (Å²) < 4.78 is 28.5. The van der Waals surface area contributed by atoms with Crippen molar-refractivity contribution in [1.82, 2.24) is 4.90 Å². The first-order chi connectivity index (χ1) is 13.2. The topological polar surface area (TPSA) is 124 Å². The molecule has 1 fully saturated rings. The molecule has 0 aliphatic carbocycles. The largest absolute Gasteiger partial charge is 0.452 e. The molecule has 1 atom stereocenters. The number of carbonyl (C=O) groups excluding carboxylic acids is 2. The van der Waals surface area contributed by atoms with Crippen LogP contribution in [0.1, 0.15) is 42.1 Å². The van der Waals surface area contributed by atoms with Crippen molar-refractivity contribution in [3.8, 4) is 0 Å². The SMILES string of the molecule is CCCCN(C(=O)COC(=O)c1cccc(C)c1[N+](=O)[O-])[C@@H]1CCS(=O)(=O)C1. The van der Waals surface area contributed by atoms with Crippen LogP contribution in [0.15, 0.2) is 18.2 Å². The van der Waals surface area contributed by atoms with Gasteiger partial charge >= 0.3 is 5.97 Å². The summed E-state index contributed by atoms with van der Waals surface area (Å²) in [6.45, 7) is 3.24. The molecule has 1 aliphatic rings. The highest BCUT2D eigenvalue weighted by atomic mass is 32.2. The van der Waals surface area contributed by atoms with Gasteiger partial charge in [0.05, 0.1) is 16.4 Å². The summed E-state index contributed by atoms with van der Waals surface area (Å²) >= 11 is 0. The lowest BCUT2D eigenvalue weighted by atomic mass is 10.1. The summed E-state index contributed by atoms with van der Waals surface area (Å²) in [5.41, 5.74) is -0.266. The van der Waals surface area contributed by atoms with Crippen molar-refractivity contribution in [3.63, 3.8) is 0 Å². The molecule has 1 saturated heterocycles. The smallest absolute Gasteiger partial charge is 0.345 e. The maximum absolute atomic E-state index is 12.6. The fourth-order valence-electron chi connectivity index (χ4n) is 3.21. The highest BCUT2D eigenvalue weighted by molar-refractivity contribution is 7.91. The van der Waals surface area contributed by atoms with E-state index in [1.54, 1.807) is 0 Å². The maximum Gasteiger partial charge on any atom is 0.345 e. The molecule has 10 heteroatoms. The lowest BCUT2D eigenvalue weighted by molar-refractivity contribution is -0.385. The van der Waals surface area contributed by atoms with E-state index >= 15 is 0 Å². The van der Waals surface area contributed by atoms with Crippen molar-refractivity contribution in [1.29, 1.82) is 0 Å². The maximum atomic E-state index is 12.6. The Morgan fingerprint density at radius 3 is 2.64 bits per heavy atom. The van der Waals surface area contributed by atoms with Crippen LogP contribution in [-0.2, 0) is 19.4 Å². The molecule has 2 rings (SSSR count). The quantitative estimate of drug-likeness (QED) is 0.363. The third kappa shape index (κ3) is 5.28. The van der Waals surface area contributed by atoms with Crippen LogP contribution >= 0.6 is 0 Å². The van der Waals surface area contributed by atoms with Gasteiger partial charge < -0.3 is 9.64 Å². The Balaban J connectivity index is 2.09. The zero-order valence-corrected chi connectivity index (χ0v) is 16.7. The molecule has 1 aromatic carbocycles. The van der Waals surface area contributed by atoms with Gasteiger partial charge in [0, 0.05) is 18.2 Å². The highest BCUT2D eigenvalue weighted by Gasteiger charge is 2.35. The Morgan fingerprint density at radius 1 is 1.36 bits per heavy atom. The van der Waals surface area contributed by atoms with Crippen LogP contribution in [0.2, 0.25) is 0 Å². The average Bonchev–Trinajstić information content (AvgIpc) is 2.99. The van der Waals surface area contributed by atoms with Crippen LogP contribution < -0.4 is 0 Å². The number of amides is 1. The lowest BCUT2D eigenvalue weighted by Crippen LogP contribution is -2.43. The van der Waals surface area contributed by atoms with E-state index in [9.17, 15) is 28.1 Å². The number of sulfone groups is 1. The van der Waals surface area contributed by atoms with E-state index in [0.717, 1.165) is 6.42 Å². The molecular formula is C18H24N2O7S. The van der Waals surface area contributed by atoms with E-state index in [-0.39, 0.29) is 22.8 Å². The third-order valence-electron chi connectivity index (χ3n) is 4.69. The van der Waals surface area contributed by atoms with Gasteiger partial charge in [0.2, 0.25) is 0 Å². The summed E-state index contributed by atoms with van der Waals surface area (Å²) in [7, 11) is -3.17. The van der Waals surface area contributed by atoms with Gasteiger partial charge in [-0.05, 0) is 25.8 Å². The van der Waals surface area contributed by atoms with Crippen molar-refractivity contribution in [2.24, 2.45) is 0 Å². The van der Waals surface area contributed by atoms with Gasteiger partial charge in [-0.3, -0.25) is 14.9 Å². The number of benzene rings is 1. The number of carbonyl (C=O) groups is 2. The second-order valence-corrected chi connectivity index (χ2v) is 9.03. The van der Waals surface area contributed by atoms with Crippen molar-refractivity contribution in [2.75, 3.05) is 24.7 Å². The minimum absolute atomic E-state index is 0.0306. The summed E-state index contributed by atoms with van der Waals surface area (Å²) in [6, 6.07) is 3.84. The molecule has 0 unspecified atom stereocenters. The normalized spacial score (nSPS) is 17.9. The molecule has 0 N–H and O–H groups in total. The fourth-order valence-corrected chi connectivity index (χ4v) is 4.95. The van der Waals surface area contributed by atoms with Crippen molar-refractivity contribution < 1.29 is 27.7 Å². The minimum Gasteiger partial charge on any atom is -0.452 e. The van der Waals surface area contributed by atoms with E-state index < -0.39 is 39.3 Å². The van der Waals surface area contributed by atoms with E-state index in [1.807, 2.05) is 6.92 Å². The Labute approximate surface area is 163 Å². The lowest BCUT2D eigenvalue weighted by Gasteiger charge is -2.28. The number of hydrogen-bond donors (Lipinski definition) is 0. The van der Waals surface area contributed by atoms with Gasteiger partial charge in [-0.2, -0.15) is 0 Å². The Hall–Kier alpha value is -2.49. The second-order valence-electron chi connectivity index (χ2n) is 6.80. The van der Waals surface area contributed by atoms with Crippen molar-refractivity contribution in [2.45, 2.75) is 39.2 Å². The summed E-state index contributed by atoms with van der Waals surface area (Å²) in [5.74, 6) is -1.53. The van der Waals surface area contributed by atoms with Crippen LogP contribution in [0.25, 0.3) is 0 Å². The van der Waals surface area contributed by atoms with Gasteiger partial charge in [-0.25, -0.2) is 13.2 Å². The van der Waals surface area contributed by atoms with Gasteiger partial charge in [-0.15, -0.1) is 0 Å². The first kappa shape index (κ1) is 21.8. The molecule has 1 aromatic rings. The van der Waals surface area contributed by atoms with E-state index in [0.29, 0.717) is 24.9 Å². The van der Waals surface area contributed by atoms with Crippen LogP contribution in [0.3, 0.4) is 0 Å². The van der Waals surface area contributed by atoms with Gasteiger partial charge in [0.15, 0.2) is 16.4 Å². The zero-order valence-electron chi connectivity index (χ0n) is 15.9. The summed E-state index contributed by atoms with van der Waals surface area (Å²) in [5, 5.41) is 11.2. The molecule has 1 aliphatic heterocycles. The number of esters is 1. The van der Waals surface area contributed by atoms with E-state index in [2.05, 4.69) is 0 Å². The Bertz CT molecular complexity index is 867. The predicted molar refractivity (Wildman–Crippen MR) is 102 cm³/mol. The minimum atomic E-state index is -3.17. The van der Waals surface area contributed by atoms with Crippen molar-refractivity contribution >= 4 is 27.4 Å².